The molecule has 1 aromatic heterocycles. The minimum absolute atomic E-state index is 0.151. The van der Waals surface area contributed by atoms with Crippen molar-refractivity contribution in [2.45, 2.75) is 0 Å². The van der Waals surface area contributed by atoms with E-state index in [1.807, 2.05) is 0 Å². The molecule has 0 atom stereocenters. The molecule has 6 nitrogen and oxygen atoms in total. The van der Waals surface area contributed by atoms with Gasteiger partial charge in [0.15, 0.2) is 0 Å². The van der Waals surface area contributed by atoms with Gasteiger partial charge in [-0.3, -0.25) is 5.43 Å². The highest BCUT2D eigenvalue weighted by Crippen LogP contribution is 1.92. The van der Waals surface area contributed by atoms with Crippen molar-refractivity contribution in [2.24, 2.45) is 5.84 Å². The lowest BCUT2D eigenvalue weighted by Gasteiger charge is -1.94. The van der Waals surface area contributed by atoms with E-state index < -0.39 is 0 Å². The van der Waals surface area contributed by atoms with Crippen molar-refractivity contribution >= 4 is 11.9 Å². The molecule has 0 aliphatic rings. The van der Waals surface area contributed by atoms with Gasteiger partial charge in [0.05, 0.1) is 0 Å². The van der Waals surface area contributed by atoms with Crippen molar-refractivity contribution < 1.29 is 0 Å². The Morgan fingerprint density at radius 1 is 1.44 bits per heavy atom. The Balaban J connectivity index is 2.94. The minimum atomic E-state index is 0.151. The molecule has 0 radical (unpaired) electrons. The average Bonchev–Trinajstić information content (AvgIpc) is 1.88. The number of rotatable bonds is 1. The highest BCUT2D eigenvalue weighted by atomic mass is 15.3. The third-order valence-electron chi connectivity index (χ3n) is 0.720. The summed E-state index contributed by atoms with van der Waals surface area (Å²) in [4.78, 5) is 10.8. The fraction of sp³-hybridized carbons (Fsp3) is 0. The molecule has 0 spiro atoms. The van der Waals surface area contributed by atoms with E-state index in [1.54, 1.807) is 0 Å². The van der Waals surface area contributed by atoms with Gasteiger partial charge in [-0.25, -0.2) is 15.8 Å². The van der Waals surface area contributed by atoms with Crippen LogP contribution in [0, 0.1) is 0 Å². The lowest BCUT2D eigenvalue weighted by atomic mass is 10.9. The van der Waals surface area contributed by atoms with E-state index in [1.165, 1.54) is 6.33 Å². The zero-order valence-corrected chi connectivity index (χ0v) is 4.57. The largest absolute Gasteiger partial charge is 0.368 e. The average molecular weight is 126 g/mol. The van der Waals surface area contributed by atoms with E-state index in [-0.39, 0.29) is 11.9 Å². The van der Waals surface area contributed by atoms with Crippen molar-refractivity contribution in [1.29, 1.82) is 0 Å². The van der Waals surface area contributed by atoms with E-state index in [2.05, 4.69) is 20.4 Å². The molecule has 0 aromatic carbocycles. The van der Waals surface area contributed by atoms with E-state index in [4.69, 9.17) is 11.6 Å². The number of hydrazine groups is 1. The van der Waals surface area contributed by atoms with Crippen LogP contribution in [0.1, 0.15) is 0 Å². The molecular weight excluding hydrogens is 120 g/mol. The Bertz CT molecular complexity index is 197. The Kier molecular flexibility index (Phi) is 1.41. The van der Waals surface area contributed by atoms with Crippen LogP contribution in [0.15, 0.2) is 6.33 Å². The van der Waals surface area contributed by atoms with E-state index in [0.717, 1.165) is 0 Å². The van der Waals surface area contributed by atoms with Gasteiger partial charge in [0.25, 0.3) is 0 Å². The standard InChI is InChI=1S/C3H6N6/c4-2-6-1-7-3(8-2)9-5/h1H,5H2,(H3,4,6,7,8,9). The molecule has 0 saturated carbocycles. The molecule has 9 heavy (non-hydrogen) atoms. The molecule has 1 aromatic rings. The highest BCUT2D eigenvalue weighted by molar-refractivity contribution is 5.26. The molecule has 0 unspecified atom stereocenters. The van der Waals surface area contributed by atoms with Crippen LogP contribution in [0.5, 0.6) is 0 Å². The number of aromatic nitrogens is 3. The van der Waals surface area contributed by atoms with Crippen LogP contribution in [0.3, 0.4) is 0 Å². The van der Waals surface area contributed by atoms with Crippen LogP contribution < -0.4 is 17.0 Å². The lowest BCUT2D eigenvalue weighted by molar-refractivity contribution is 1.04. The maximum absolute atomic E-state index is 5.18. The van der Waals surface area contributed by atoms with Gasteiger partial charge in [-0.05, 0) is 0 Å². The molecule has 0 amide bonds. The van der Waals surface area contributed by atoms with E-state index >= 15 is 0 Å². The Labute approximate surface area is 51.3 Å². The third kappa shape index (κ3) is 1.23. The molecule has 5 N–H and O–H groups in total. The van der Waals surface area contributed by atoms with Gasteiger partial charge >= 0.3 is 0 Å². The fourth-order valence-corrected chi connectivity index (χ4v) is 0.378. The molecular formula is C3H6N6. The van der Waals surface area contributed by atoms with Crippen LogP contribution in [0.25, 0.3) is 0 Å². The SMILES string of the molecule is NNc1ncnc(N)n1. The Morgan fingerprint density at radius 2 is 2.22 bits per heavy atom. The second-order valence-electron chi connectivity index (χ2n) is 1.31. The molecule has 48 valence electrons. The predicted octanol–water partition coefficient (Wildman–Crippen LogP) is -1.26. The summed E-state index contributed by atoms with van der Waals surface area (Å²) >= 11 is 0. The first-order chi connectivity index (χ1) is 4.33. The van der Waals surface area contributed by atoms with Gasteiger partial charge < -0.3 is 5.73 Å². The zero-order chi connectivity index (χ0) is 6.69. The zero-order valence-electron chi connectivity index (χ0n) is 4.57. The normalized spacial score (nSPS) is 9.00. The summed E-state index contributed by atoms with van der Waals surface area (Å²) in [5.74, 6) is 5.38. The highest BCUT2D eigenvalue weighted by Gasteiger charge is 1.90. The maximum atomic E-state index is 5.18. The summed E-state index contributed by atoms with van der Waals surface area (Å²) in [5.41, 5.74) is 7.40. The summed E-state index contributed by atoms with van der Waals surface area (Å²) < 4.78 is 0. The maximum Gasteiger partial charge on any atom is 0.241 e. The number of anilines is 2. The molecule has 1 heterocycles. The Morgan fingerprint density at radius 3 is 2.67 bits per heavy atom. The van der Waals surface area contributed by atoms with Gasteiger partial charge in [-0.2, -0.15) is 4.98 Å². The van der Waals surface area contributed by atoms with Crippen molar-refractivity contribution in [3.05, 3.63) is 6.33 Å². The smallest absolute Gasteiger partial charge is 0.241 e. The molecule has 0 bridgehead atoms. The second kappa shape index (κ2) is 2.23. The summed E-state index contributed by atoms with van der Waals surface area (Å²) in [6, 6.07) is 0. The Hall–Kier alpha value is -1.43. The molecule has 0 aliphatic heterocycles. The van der Waals surface area contributed by atoms with Crippen molar-refractivity contribution in [2.75, 3.05) is 11.2 Å². The van der Waals surface area contributed by atoms with E-state index in [9.17, 15) is 0 Å². The molecule has 0 fully saturated rings. The third-order valence-corrected chi connectivity index (χ3v) is 0.720. The first-order valence-electron chi connectivity index (χ1n) is 2.24. The van der Waals surface area contributed by atoms with Crippen LogP contribution in [-0.4, -0.2) is 15.0 Å². The van der Waals surface area contributed by atoms with Gasteiger partial charge in [-0.1, -0.05) is 0 Å². The van der Waals surface area contributed by atoms with E-state index in [0.29, 0.717) is 0 Å². The topological polar surface area (TPSA) is 103 Å². The first kappa shape index (κ1) is 5.70. The van der Waals surface area contributed by atoms with Crippen molar-refractivity contribution in [1.82, 2.24) is 15.0 Å². The molecule has 0 saturated heterocycles. The summed E-state index contributed by atoms with van der Waals surface area (Å²) in [6.45, 7) is 0. The molecule has 1 rings (SSSR count). The van der Waals surface area contributed by atoms with Gasteiger partial charge in [-0.15, -0.1) is 0 Å². The van der Waals surface area contributed by atoms with Crippen LogP contribution in [0.2, 0.25) is 0 Å². The summed E-state index contributed by atoms with van der Waals surface area (Å²) in [6.07, 6.45) is 1.28. The number of hydrogen-bond donors (Lipinski definition) is 3. The number of nitrogen functional groups attached to an aromatic ring is 2. The first-order valence-corrected chi connectivity index (χ1v) is 2.24. The van der Waals surface area contributed by atoms with Gasteiger partial charge in [0, 0.05) is 0 Å². The van der Waals surface area contributed by atoms with Crippen LogP contribution in [0.4, 0.5) is 11.9 Å². The monoisotopic (exact) mass is 126 g/mol. The number of nitrogens with zero attached hydrogens (tertiary/aromatic N) is 3. The second-order valence-corrected chi connectivity index (χ2v) is 1.31. The van der Waals surface area contributed by atoms with Gasteiger partial charge in [0.2, 0.25) is 11.9 Å². The quantitative estimate of drug-likeness (QED) is 0.320. The predicted molar refractivity (Wildman–Crippen MR) is 32.0 cm³/mol. The number of nitrogens with two attached hydrogens (primary N) is 2. The minimum Gasteiger partial charge on any atom is -0.368 e. The number of nitrogens with one attached hydrogen (secondary N) is 1. The van der Waals surface area contributed by atoms with Gasteiger partial charge in [0.1, 0.15) is 6.33 Å². The summed E-state index contributed by atoms with van der Waals surface area (Å²) in [5, 5.41) is 0. The molecule has 6 heteroatoms. The fourth-order valence-electron chi connectivity index (χ4n) is 0.378. The number of hydrogen-bond acceptors (Lipinski definition) is 6. The van der Waals surface area contributed by atoms with Crippen LogP contribution in [-0.2, 0) is 0 Å². The lowest BCUT2D eigenvalue weighted by Crippen LogP contribution is -2.11. The molecule has 0 aliphatic carbocycles. The van der Waals surface area contributed by atoms with Crippen LogP contribution >= 0.6 is 0 Å². The summed E-state index contributed by atoms with van der Waals surface area (Å²) in [7, 11) is 0. The van der Waals surface area contributed by atoms with Crippen molar-refractivity contribution in [3.63, 3.8) is 0 Å². The van der Waals surface area contributed by atoms with Crippen molar-refractivity contribution in [3.8, 4) is 0 Å².